The van der Waals surface area contributed by atoms with Crippen LogP contribution in [0.3, 0.4) is 0 Å². The van der Waals surface area contributed by atoms with Crippen molar-refractivity contribution in [1.29, 1.82) is 0 Å². The lowest BCUT2D eigenvalue weighted by Crippen LogP contribution is -2.52. The van der Waals surface area contributed by atoms with Gasteiger partial charge >= 0.3 is 0 Å². The quantitative estimate of drug-likeness (QED) is 0.584. The third-order valence-electron chi connectivity index (χ3n) is 5.71. The van der Waals surface area contributed by atoms with Crippen molar-refractivity contribution in [2.24, 2.45) is 4.99 Å². The van der Waals surface area contributed by atoms with E-state index in [2.05, 4.69) is 60.7 Å². The highest BCUT2D eigenvalue weighted by Crippen LogP contribution is 2.24. The van der Waals surface area contributed by atoms with E-state index in [0.717, 1.165) is 64.7 Å². The van der Waals surface area contributed by atoms with Gasteiger partial charge in [-0.05, 0) is 18.4 Å². The summed E-state index contributed by atoms with van der Waals surface area (Å²) in [4.78, 5) is 16.6. The maximum atomic E-state index is 4.82. The molecule has 2 aliphatic rings. The van der Waals surface area contributed by atoms with Crippen molar-refractivity contribution in [3.8, 4) is 0 Å². The first-order valence-corrected chi connectivity index (χ1v) is 11.6. The van der Waals surface area contributed by atoms with Gasteiger partial charge in [0.15, 0.2) is 11.1 Å². The van der Waals surface area contributed by atoms with Gasteiger partial charge in [0.25, 0.3) is 0 Å². The van der Waals surface area contributed by atoms with Crippen LogP contribution in [0.4, 0.5) is 5.13 Å². The van der Waals surface area contributed by atoms with Crippen molar-refractivity contribution in [1.82, 2.24) is 20.1 Å². The monoisotopic (exact) mass is 412 g/mol. The average Bonchev–Trinajstić information content (AvgIpc) is 3.45. The molecule has 6 nitrogen and oxygen atoms in total. The molecule has 4 rings (SSSR count). The summed E-state index contributed by atoms with van der Waals surface area (Å²) in [5.74, 6) is 1.01. The van der Waals surface area contributed by atoms with Crippen molar-refractivity contribution >= 4 is 22.4 Å². The van der Waals surface area contributed by atoms with Gasteiger partial charge in [0, 0.05) is 71.2 Å². The zero-order chi connectivity index (χ0) is 19.9. The highest BCUT2D eigenvalue weighted by Gasteiger charge is 2.20. The lowest BCUT2D eigenvalue weighted by molar-refractivity contribution is 0.172. The molecule has 0 radical (unpaired) electrons. The Labute approximate surface area is 178 Å². The highest BCUT2D eigenvalue weighted by molar-refractivity contribution is 7.13. The second-order valence-corrected chi connectivity index (χ2v) is 8.62. The molecule has 0 aliphatic carbocycles. The van der Waals surface area contributed by atoms with Crippen LogP contribution in [-0.4, -0.2) is 73.6 Å². The van der Waals surface area contributed by atoms with Gasteiger partial charge < -0.3 is 15.1 Å². The largest absolute Gasteiger partial charge is 0.356 e. The molecule has 0 bridgehead atoms. The number of aliphatic imine (C=N–C) groups is 1. The molecule has 2 saturated heterocycles. The minimum absolute atomic E-state index is 0.875. The van der Waals surface area contributed by atoms with Crippen molar-refractivity contribution < 1.29 is 0 Å². The number of hydrogen-bond donors (Lipinski definition) is 1. The van der Waals surface area contributed by atoms with E-state index in [-0.39, 0.29) is 0 Å². The SMILES string of the molecule is CN=C(NCCc1csc(N2CCCC2)n1)N1CCN(Cc2ccccc2)CC1. The lowest BCUT2D eigenvalue weighted by atomic mass is 10.2. The van der Waals surface area contributed by atoms with Crippen molar-refractivity contribution in [2.45, 2.75) is 25.8 Å². The summed E-state index contributed by atoms with van der Waals surface area (Å²) in [6, 6.07) is 10.7. The zero-order valence-corrected chi connectivity index (χ0v) is 18.2. The smallest absolute Gasteiger partial charge is 0.193 e. The predicted molar refractivity (Wildman–Crippen MR) is 122 cm³/mol. The van der Waals surface area contributed by atoms with E-state index in [1.54, 1.807) is 11.3 Å². The number of aromatic nitrogens is 1. The van der Waals surface area contributed by atoms with Crippen LogP contribution in [0.1, 0.15) is 24.1 Å². The number of rotatable bonds is 6. The van der Waals surface area contributed by atoms with Crippen molar-refractivity contribution in [3.05, 3.63) is 47.0 Å². The van der Waals surface area contributed by atoms with E-state index in [9.17, 15) is 0 Å². The average molecular weight is 413 g/mol. The molecule has 7 heteroatoms. The summed E-state index contributed by atoms with van der Waals surface area (Å²) in [5.41, 5.74) is 2.58. The molecule has 0 amide bonds. The van der Waals surface area contributed by atoms with E-state index < -0.39 is 0 Å². The van der Waals surface area contributed by atoms with Gasteiger partial charge in [0.1, 0.15) is 0 Å². The van der Waals surface area contributed by atoms with Crippen LogP contribution in [0.15, 0.2) is 40.7 Å². The summed E-state index contributed by atoms with van der Waals surface area (Å²) < 4.78 is 0. The fourth-order valence-electron chi connectivity index (χ4n) is 4.06. The molecule has 0 saturated carbocycles. The fraction of sp³-hybridized carbons (Fsp3) is 0.545. The molecule has 2 fully saturated rings. The summed E-state index contributed by atoms with van der Waals surface area (Å²) in [7, 11) is 1.88. The van der Waals surface area contributed by atoms with Gasteiger partial charge in [-0.25, -0.2) is 4.98 Å². The number of anilines is 1. The summed E-state index contributed by atoms with van der Waals surface area (Å²) in [5, 5.41) is 6.94. The fourth-order valence-corrected chi connectivity index (χ4v) is 4.97. The Balaban J connectivity index is 1.20. The lowest BCUT2D eigenvalue weighted by Gasteiger charge is -2.36. The molecule has 0 unspecified atom stereocenters. The molecule has 29 heavy (non-hydrogen) atoms. The van der Waals surface area contributed by atoms with Gasteiger partial charge in [-0.1, -0.05) is 30.3 Å². The van der Waals surface area contributed by atoms with Crippen LogP contribution in [0, 0.1) is 0 Å². The molecule has 3 heterocycles. The number of nitrogens with zero attached hydrogens (tertiary/aromatic N) is 5. The molecule has 1 N–H and O–H groups in total. The molecule has 156 valence electrons. The number of nitrogens with one attached hydrogen (secondary N) is 1. The van der Waals surface area contributed by atoms with Crippen molar-refractivity contribution in [3.63, 3.8) is 0 Å². The molecule has 0 spiro atoms. The number of thiazole rings is 1. The van der Waals surface area contributed by atoms with E-state index in [4.69, 9.17) is 4.98 Å². The second kappa shape index (κ2) is 10.1. The van der Waals surface area contributed by atoms with Crippen LogP contribution >= 0.6 is 11.3 Å². The molecule has 1 aromatic carbocycles. The van der Waals surface area contributed by atoms with E-state index in [0.29, 0.717) is 0 Å². The normalized spacial score (nSPS) is 18.4. The highest BCUT2D eigenvalue weighted by atomic mass is 32.1. The Hall–Kier alpha value is -2.12. The Morgan fingerprint density at radius 2 is 1.83 bits per heavy atom. The Morgan fingerprint density at radius 1 is 1.07 bits per heavy atom. The third kappa shape index (κ3) is 5.48. The maximum absolute atomic E-state index is 4.82. The minimum atomic E-state index is 0.875. The van der Waals surface area contributed by atoms with Crippen LogP contribution in [-0.2, 0) is 13.0 Å². The number of hydrogen-bond acceptors (Lipinski definition) is 5. The first-order valence-electron chi connectivity index (χ1n) is 10.7. The molecular formula is C22H32N6S. The summed E-state index contributed by atoms with van der Waals surface area (Å²) in [6.45, 7) is 8.40. The summed E-state index contributed by atoms with van der Waals surface area (Å²) >= 11 is 1.78. The van der Waals surface area contributed by atoms with Gasteiger partial charge in [0.05, 0.1) is 5.69 Å². The standard InChI is InChI=1S/C22H32N6S/c1-23-21(24-10-9-20-18-29-22(25-20)28-11-5-6-12-28)27-15-13-26(14-16-27)17-19-7-3-2-4-8-19/h2-4,7-8,18H,5-6,9-17H2,1H3,(H,23,24). The molecule has 0 atom stereocenters. The van der Waals surface area contributed by atoms with Crippen LogP contribution < -0.4 is 10.2 Å². The van der Waals surface area contributed by atoms with Crippen LogP contribution in [0.25, 0.3) is 0 Å². The van der Waals surface area contributed by atoms with E-state index in [1.807, 2.05) is 7.05 Å². The van der Waals surface area contributed by atoms with Crippen molar-refractivity contribution in [2.75, 3.05) is 57.8 Å². The molecular weight excluding hydrogens is 380 g/mol. The van der Waals surface area contributed by atoms with E-state index >= 15 is 0 Å². The number of piperazine rings is 1. The predicted octanol–water partition coefficient (Wildman–Crippen LogP) is 2.68. The Morgan fingerprint density at radius 3 is 2.55 bits per heavy atom. The van der Waals surface area contributed by atoms with Crippen LogP contribution in [0.5, 0.6) is 0 Å². The topological polar surface area (TPSA) is 47.0 Å². The Bertz CT molecular complexity index is 776. The van der Waals surface area contributed by atoms with Gasteiger partial charge in [-0.3, -0.25) is 9.89 Å². The molecule has 1 aromatic heterocycles. The minimum Gasteiger partial charge on any atom is -0.356 e. The molecule has 2 aliphatic heterocycles. The zero-order valence-electron chi connectivity index (χ0n) is 17.4. The number of benzene rings is 1. The van der Waals surface area contributed by atoms with E-state index in [1.165, 1.54) is 29.2 Å². The summed E-state index contributed by atoms with van der Waals surface area (Å²) in [6.07, 6.45) is 3.54. The maximum Gasteiger partial charge on any atom is 0.193 e. The second-order valence-electron chi connectivity index (χ2n) is 7.79. The third-order valence-corrected chi connectivity index (χ3v) is 6.66. The molecule has 2 aromatic rings. The van der Waals surface area contributed by atoms with Gasteiger partial charge in [0.2, 0.25) is 0 Å². The first kappa shape index (κ1) is 20.2. The van der Waals surface area contributed by atoms with Gasteiger partial charge in [-0.2, -0.15) is 0 Å². The Kier molecular flexibility index (Phi) is 7.00. The van der Waals surface area contributed by atoms with Crippen LogP contribution in [0.2, 0.25) is 0 Å². The number of guanidine groups is 1. The van der Waals surface area contributed by atoms with Gasteiger partial charge in [-0.15, -0.1) is 11.3 Å². The first-order chi connectivity index (χ1) is 14.3.